The summed E-state index contributed by atoms with van der Waals surface area (Å²) >= 11 is 1.69. The van der Waals surface area contributed by atoms with Crippen molar-refractivity contribution in [3.05, 3.63) is 35.1 Å². The van der Waals surface area contributed by atoms with Crippen LogP contribution in [0.25, 0.3) is 0 Å². The van der Waals surface area contributed by atoms with Gasteiger partial charge in [0.15, 0.2) is 0 Å². The zero-order valence-corrected chi connectivity index (χ0v) is 12.4. The van der Waals surface area contributed by atoms with Gasteiger partial charge in [0.1, 0.15) is 5.82 Å². The van der Waals surface area contributed by atoms with Crippen LogP contribution in [0.1, 0.15) is 29.8 Å². The molecular weight excluding hydrogens is 306 g/mol. The largest absolute Gasteiger partial charge is 0.419 e. The second-order valence-electron chi connectivity index (χ2n) is 4.98. The lowest BCUT2D eigenvalue weighted by Gasteiger charge is -2.37. The number of hydrogen-bond donors (Lipinski definition) is 0. The fourth-order valence-electron chi connectivity index (χ4n) is 2.29. The Balaban J connectivity index is 2.36. The minimum absolute atomic E-state index is 0.148. The molecule has 1 aliphatic rings. The van der Waals surface area contributed by atoms with Crippen molar-refractivity contribution in [1.82, 2.24) is 4.90 Å². The van der Waals surface area contributed by atoms with Gasteiger partial charge in [-0.15, -0.1) is 0 Å². The molecule has 1 saturated heterocycles. The van der Waals surface area contributed by atoms with Gasteiger partial charge >= 0.3 is 6.18 Å². The maximum atomic E-state index is 14.0. The summed E-state index contributed by atoms with van der Waals surface area (Å²) in [5.74, 6) is -1.48. The summed E-state index contributed by atoms with van der Waals surface area (Å²) in [7, 11) is 0. The molecule has 1 aliphatic heterocycles. The van der Waals surface area contributed by atoms with Crippen molar-refractivity contribution in [3.63, 3.8) is 0 Å². The molecule has 21 heavy (non-hydrogen) atoms. The SMILES string of the molecule is CC1SCCN(C(=O)c2cccc(C(F)(F)F)c2F)C1C. The molecule has 0 saturated carbocycles. The Bertz CT molecular complexity index is 546. The van der Waals surface area contributed by atoms with E-state index < -0.39 is 29.0 Å². The van der Waals surface area contributed by atoms with Crippen LogP contribution in [0.5, 0.6) is 0 Å². The number of benzene rings is 1. The van der Waals surface area contributed by atoms with Crippen LogP contribution in [0, 0.1) is 5.82 Å². The standard InChI is InChI=1S/C14H15F4NOS/c1-8-9(2)21-7-6-19(8)13(20)10-4-3-5-11(12(10)15)14(16,17)18/h3-5,8-9H,6-7H2,1-2H3. The quantitative estimate of drug-likeness (QED) is 0.733. The Kier molecular flexibility index (Phi) is 4.51. The van der Waals surface area contributed by atoms with E-state index in [0.717, 1.165) is 12.1 Å². The van der Waals surface area contributed by atoms with E-state index in [-0.39, 0.29) is 11.3 Å². The molecule has 0 aromatic heterocycles. The van der Waals surface area contributed by atoms with Crippen molar-refractivity contribution >= 4 is 17.7 Å². The monoisotopic (exact) mass is 321 g/mol. The molecule has 1 aromatic carbocycles. The number of rotatable bonds is 1. The molecule has 0 bridgehead atoms. The van der Waals surface area contributed by atoms with E-state index >= 15 is 0 Å². The van der Waals surface area contributed by atoms with E-state index in [9.17, 15) is 22.4 Å². The predicted molar refractivity (Wildman–Crippen MR) is 73.8 cm³/mol. The number of nitrogens with zero attached hydrogens (tertiary/aromatic N) is 1. The van der Waals surface area contributed by atoms with Crippen LogP contribution in [0.4, 0.5) is 17.6 Å². The number of alkyl halides is 3. The average Bonchev–Trinajstić information content (AvgIpc) is 2.40. The zero-order chi connectivity index (χ0) is 15.8. The second kappa shape index (κ2) is 5.87. The topological polar surface area (TPSA) is 20.3 Å². The summed E-state index contributed by atoms with van der Waals surface area (Å²) < 4.78 is 52.1. The van der Waals surface area contributed by atoms with Crippen LogP contribution in [-0.4, -0.2) is 34.4 Å². The van der Waals surface area contributed by atoms with E-state index in [1.807, 2.05) is 13.8 Å². The summed E-state index contributed by atoms with van der Waals surface area (Å²) in [6.45, 7) is 4.17. The number of thioether (sulfide) groups is 1. The minimum Gasteiger partial charge on any atom is -0.334 e. The lowest BCUT2D eigenvalue weighted by molar-refractivity contribution is -0.140. The molecule has 0 spiro atoms. The van der Waals surface area contributed by atoms with Crippen LogP contribution in [0.2, 0.25) is 0 Å². The number of amides is 1. The lowest BCUT2D eigenvalue weighted by Crippen LogP contribution is -2.48. The summed E-state index contributed by atoms with van der Waals surface area (Å²) in [5, 5.41) is 0.163. The van der Waals surface area contributed by atoms with Crippen LogP contribution in [-0.2, 0) is 6.18 Å². The molecule has 7 heteroatoms. The molecule has 116 valence electrons. The predicted octanol–water partition coefficient (Wildman–Crippen LogP) is 3.81. The Hall–Kier alpha value is -1.24. The molecule has 0 aliphatic carbocycles. The summed E-state index contributed by atoms with van der Waals surface area (Å²) in [4.78, 5) is 13.8. The Morgan fingerprint density at radius 3 is 2.62 bits per heavy atom. The first-order valence-electron chi connectivity index (χ1n) is 6.51. The summed E-state index contributed by atoms with van der Waals surface area (Å²) in [6.07, 6.45) is -4.81. The Labute approximate surface area is 124 Å². The molecular formula is C14H15F4NOS. The normalized spacial score (nSPS) is 23.2. The molecule has 2 atom stereocenters. The van der Waals surface area contributed by atoms with Gasteiger partial charge in [-0.3, -0.25) is 4.79 Å². The smallest absolute Gasteiger partial charge is 0.334 e. The van der Waals surface area contributed by atoms with Crippen LogP contribution >= 0.6 is 11.8 Å². The third kappa shape index (κ3) is 3.17. The number of hydrogen-bond acceptors (Lipinski definition) is 2. The van der Waals surface area contributed by atoms with Gasteiger partial charge < -0.3 is 4.90 Å². The lowest BCUT2D eigenvalue weighted by atomic mass is 10.1. The van der Waals surface area contributed by atoms with E-state index in [1.165, 1.54) is 4.90 Å². The highest BCUT2D eigenvalue weighted by molar-refractivity contribution is 8.00. The first-order chi connectivity index (χ1) is 9.73. The molecule has 2 nitrogen and oxygen atoms in total. The van der Waals surface area contributed by atoms with E-state index in [4.69, 9.17) is 0 Å². The average molecular weight is 321 g/mol. The Morgan fingerprint density at radius 1 is 1.33 bits per heavy atom. The van der Waals surface area contributed by atoms with Gasteiger partial charge in [0.05, 0.1) is 11.1 Å². The van der Waals surface area contributed by atoms with Gasteiger partial charge in [0.2, 0.25) is 0 Å². The van der Waals surface area contributed by atoms with Gasteiger partial charge in [0.25, 0.3) is 5.91 Å². The van der Waals surface area contributed by atoms with Gasteiger partial charge in [-0.05, 0) is 19.1 Å². The van der Waals surface area contributed by atoms with Crippen molar-refractivity contribution in [2.24, 2.45) is 0 Å². The molecule has 2 unspecified atom stereocenters. The molecule has 2 rings (SSSR count). The Morgan fingerprint density at radius 2 is 2.00 bits per heavy atom. The van der Waals surface area contributed by atoms with E-state index in [0.29, 0.717) is 18.4 Å². The highest BCUT2D eigenvalue weighted by Gasteiger charge is 2.37. The number of carbonyl (C=O) groups excluding carboxylic acids is 1. The fourth-order valence-corrected chi connectivity index (χ4v) is 3.39. The van der Waals surface area contributed by atoms with Crippen LogP contribution < -0.4 is 0 Å². The first kappa shape index (κ1) is 16.1. The van der Waals surface area contributed by atoms with Crippen molar-refractivity contribution in [1.29, 1.82) is 0 Å². The molecule has 1 heterocycles. The van der Waals surface area contributed by atoms with Gasteiger partial charge in [-0.1, -0.05) is 13.0 Å². The van der Waals surface area contributed by atoms with Gasteiger partial charge in [-0.25, -0.2) is 4.39 Å². The maximum Gasteiger partial charge on any atom is 0.419 e. The zero-order valence-electron chi connectivity index (χ0n) is 11.6. The minimum atomic E-state index is -4.81. The van der Waals surface area contributed by atoms with Crippen molar-refractivity contribution < 1.29 is 22.4 Å². The molecule has 1 amide bonds. The summed E-state index contributed by atoms with van der Waals surface area (Å²) in [6, 6.07) is 2.66. The second-order valence-corrected chi connectivity index (χ2v) is 6.47. The van der Waals surface area contributed by atoms with Crippen molar-refractivity contribution in [2.75, 3.05) is 12.3 Å². The summed E-state index contributed by atoms with van der Waals surface area (Å²) in [5.41, 5.74) is -1.92. The van der Waals surface area contributed by atoms with Gasteiger partial charge in [0, 0.05) is 23.6 Å². The molecule has 1 aromatic rings. The number of carbonyl (C=O) groups is 1. The van der Waals surface area contributed by atoms with E-state index in [2.05, 4.69) is 0 Å². The number of halogens is 4. The van der Waals surface area contributed by atoms with Crippen molar-refractivity contribution in [3.8, 4) is 0 Å². The third-order valence-corrected chi connectivity index (χ3v) is 5.02. The molecule has 0 radical (unpaired) electrons. The van der Waals surface area contributed by atoms with Gasteiger partial charge in [-0.2, -0.15) is 24.9 Å². The van der Waals surface area contributed by atoms with Crippen LogP contribution in [0.15, 0.2) is 18.2 Å². The van der Waals surface area contributed by atoms with Crippen LogP contribution in [0.3, 0.4) is 0 Å². The fraction of sp³-hybridized carbons (Fsp3) is 0.500. The van der Waals surface area contributed by atoms with Crippen molar-refractivity contribution in [2.45, 2.75) is 31.3 Å². The van der Waals surface area contributed by atoms with E-state index in [1.54, 1.807) is 11.8 Å². The first-order valence-corrected chi connectivity index (χ1v) is 7.56. The highest BCUT2D eigenvalue weighted by atomic mass is 32.2. The maximum absolute atomic E-state index is 14.0. The molecule has 0 N–H and O–H groups in total. The third-order valence-electron chi connectivity index (χ3n) is 3.68. The molecule has 1 fully saturated rings. The highest BCUT2D eigenvalue weighted by Crippen LogP contribution is 2.33.